The van der Waals surface area contributed by atoms with Crippen LogP contribution in [0, 0.1) is 5.82 Å². The van der Waals surface area contributed by atoms with Crippen LogP contribution in [-0.2, 0) is 0 Å². The number of pyridine rings is 1. The highest BCUT2D eigenvalue weighted by molar-refractivity contribution is 7.19. The third kappa shape index (κ3) is 2.60. The maximum atomic E-state index is 13.6. The summed E-state index contributed by atoms with van der Waals surface area (Å²) in [5.41, 5.74) is 0.677. The number of carboxylic acid groups (broad SMARTS) is 1. The van der Waals surface area contributed by atoms with Crippen LogP contribution in [0.2, 0.25) is 9.36 Å². The van der Waals surface area contributed by atoms with E-state index in [1.807, 2.05) is 0 Å². The summed E-state index contributed by atoms with van der Waals surface area (Å²) in [4.78, 5) is 16.4. The molecule has 0 unspecified atom stereocenters. The number of thiophene rings is 1. The molecule has 2 aromatic heterocycles. The van der Waals surface area contributed by atoms with Gasteiger partial charge in [-0.15, -0.1) is 11.3 Å². The van der Waals surface area contributed by atoms with Gasteiger partial charge in [-0.25, -0.2) is 14.2 Å². The first-order valence-electron chi connectivity index (χ1n) is 5.74. The molecule has 3 nitrogen and oxygen atoms in total. The van der Waals surface area contributed by atoms with E-state index in [-0.39, 0.29) is 16.1 Å². The van der Waals surface area contributed by atoms with Crippen molar-refractivity contribution in [3.63, 3.8) is 0 Å². The van der Waals surface area contributed by atoms with Gasteiger partial charge in [0.2, 0.25) is 0 Å². The Labute approximate surface area is 132 Å². The highest BCUT2D eigenvalue weighted by Gasteiger charge is 2.16. The van der Waals surface area contributed by atoms with Crippen LogP contribution in [-0.4, -0.2) is 16.1 Å². The lowest BCUT2D eigenvalue weighted by Crippen LogP contribution is -2.00. The fraction of sp³-hybridized carbons (Fsp3) is 0. The predicted octanol–water partition coefficient (Wildman–Crippen LogP) is 5.11. The quantitative estimate of drug-likeness (QED) is 0.704. The smallest absolute Gasteiger partial charge is 0.336 e. The van der Waals surface area contributed by atoms with Crippen molar-refractivity contribution in [1.82, 2.24) is 4.98 Å². The number of rotatable bonds is 2. The van der Waals surface area contributed by atoms with E-state index in [1.54, 1.807) is 12.1 Å². The number of halogens is 3. The molecule has 0 saturated heterocycles. The number of benzene rings is 1. The summed E-state index contributed by atoms with van der Waals surface area (Å²) >= 11 is 12.9. The summed E-state index contributed by atoms with van der Waals surface area (Å²) in [6, 6.07) is 7.26. The maximum absolute atomic E-state index is 13.6. The van der Waals surface area contributed by atoms with Crippen molar-refractivity contribution in [1.29, 1.82) is 0 Å². The highest BCUT2D eigenvalue weighted by Crippen LogP contribution is 2.33. The average molecular weight is 342 g/mol. The third-order valence-electron chi connectivity index (χ3n) is 2.91. The Bertz CT molecular complexity index is 879. The van der Waals surface area contributed by atoms with Crippen LogP contribution in [0.15, 0.2) is 30.3 Å². The van der Waals surface area contributed by atoms with E-state index in [1.165, 1.54) is 23.5 Å². The summed E-state index contributed by atoms with van der Waals surface area (Å²) in [6.07, 6.45) is 0. The van der Waals surface area contributed by atoms with E-state index in [4.69, 9.17) is 23.2 Å². The van der Waals surface area contributed by atoms with Crippen LogP contribution in [0.5, 0.6) is 0 Å². The minimum atomic E-state index is -1.13. The number of fused-ring (bicyclic) bond motifs is 1. The average Bonchev–Trinajstić information content (AvgIpc) is 2.85. The molecule has 1 N–H and O–H groups in total. The fourth-order valence-corrected chi connectivity index (χ4v) is 3.14. The standard InChI is InChI=1S/C14H6Cl2FNO2S/c15-8-3-6-7(14(19)20)4-11(12-1-2-13(16)21-12)18-10(6)5-9(8)17/h1-5H,(H,19,20). The van der Waals surface area contributed by atoms with Crippen LogP contribution in [0.4, 0.5) is 4.39 Å². The number of carbonyl (C=O) groups is 1. The van der Waals surface area contributed by atoms with Gasteiger partial charge in [-0.1, -0.05) is 23.2 Å². The molecule has 0 amide bonds. The molecule has 0 radical (unpaired) electrons. The molecular weight excluding hydrogens is 336 g/mol. The molecule has 0 spiro atoms. The zero-order valence-corrected chi connectivity index (χ0v) is 12.6. The van der Waals surface area contributed by atoms with Crippen molar-refractivity contribution in [2.24, 2.45) is 0 Å². The monoisotopic (exact) mass is 341 g/mol. The first-order valence-corrected chi connectivity index (χ1v) is 7.32. The number of aromatic carboxylic acids is 1. The minimum absolute atomic E-state index is 0.0152. The van der Waals surface area contributed by atoms with Gasteiger partial charge < -0.3 is 5.11 Å². The summed E-state index contributed by atoms with van der Waals surface area (Å²) in [6.45, 7) is 0. The Balaban J connectivity index is 2.34. The van der Waals surface area contributed by atoms with Crippen LogP contribution >= 0.6 is 34.5 Å². The van der Waals surface area contributed by atoms with Gasteiger partial charge in [0.05, 0.1) is 31.0 Å². The number of hydrogen-bond acceptors (Lipinski definition) is 3. The molecule has 1 aromatic carbocycles. The number of carboxylic acids is 1. The second kappa shape index (κ2) is 5.26. The Hall–Kier alpha value is -1.69. The summed E-state index contributed by atoms with van der Waals surface area (Å²) < 4.78 is 14.1. The van der Waals surface area contributed by atoms with Gasteiger partial charge in [0, 0.05) is 11.5 Å². The predicted molar refractivity (Wildman–Crippen MR) is 82.0 cm³/mol. The molecule has 3 rings (SSSR count). The van der Waals surface area contributed by atoms with Gasteiger partial charge in [0.1, 0.15) is 5.82 Å². The van der Waals surface area contributed by atoms with Crippen LogP contribution in [0.3, 0.4) is 0 Å². The van der Waals surface area contributed by atoms with E-state index in [9.17, 15) is 14.3 Å². The van der Waals surface area contributed by atoms with E-state index < -0.39 is 11.8 Å². The second-order valence-electron chi connectivity index (χ2n) is 4.25. The molecule has 0 aliphatic rings. The van der Waals surface area contributed by atoms with E-state index in [0.29, 0.717) is 20.3 Å². The normalized spacial score (nSPS) is 11.0. The SMILES string of the molecule is O=C(O)c1cc(-c2ccc(Cl)s2)nc2cc(F)c(Cl)cc12. The first-order chi connectivity index (χ1) is 9.95. The lowest BCUT2D eigenvalue weighted by Gasteiger charge is -2.07. The summed E-state index contributed by atoms with van der Waals surface area (Å²) in [5.74, 6) is -1.77. The van der Waals surface area contributed by atoms with Gasteiger partial charge in [0.15, 0.2) is 0 Å². The van der Waals surface area contributed by atoms with Crippen molar-refractivity contribution < 1.29 is 14.3 Å². The molecule has 21 heavy (non-hydrogen) atoms. The highest BCUT2D eigenvalue weighted by atomic mass is 35.5. The largest absolute Gasteiger partial charge is 0.478 e. The van der Waals surface area contributed by atoms with Gasteiger partial charge in [-0.3, -0.25) is 0 Å². The zero-order chi connectivity index (χ0) is 15.1. The van der Waals surface area contributed by atoms with Crippen LogP contribution in [0.1, 0.15) is 10.4 Å². The lowest BCUT2D eigenvalue weighted by molar-refractivity contribution is 0.0699. The molecule has 106 valence electrons. The fourth-order valence-electron chi connectivity index (χ4n) is 1.98. The van der Waals surface area contributed by atoms with Crippen LogP contribution in [0.25, 0.3) is 21.5 Å². The van der Waals surface area contributed by atoms with Crippen molar-refractivity contribution in [2.45, 2.75) is 0 Å². The Morgan fingerprint density at radius 2 is 2.00 bits per heavy atom. The van der Waals surface area contributed by atoms with Gasteiger partial charge in [-0.2, -0.15) is 0 Å². The first kappa shape index (κ1) is 14.3. The van der Waals surface area contributed by atoms with Crippen molar-refractivity contribution in [3.05, 3.63) is 51.1 Å². The number of hydrogen-bond donors (Lipinski definition) is 1. The molecule has 7 heteroatoms. The summed E-state index contributed by atoms with van der Waals surface area (Å²) in [5, 5.41) is 9.48. The molecule has 3 aromatic rings. The van der Waals surface area contributed by atoms with Gasteiger partial charge in [-0.05, 0) is 24.3 Å². The Morgan fingerprint density at radius 1 is 1.24 bits per heavy atom. The molecule has 0 bridgehead atoms. The number of aromatic nitrogens is 1. The van der Waals surface area contributed by atoms with Crippen molar-refractivity contribution in [3.8, 4) is 10.6 Å². The second-order valence-corrected chi connectivity index (χ2v) is 6.37. The Kier molecular flexibility index (Phi) is 3.57. The molecular formula is C14H6Cl2FNO2S. The topological polar surface area (TPSA) is 50.2 Å². The van der Waals surface area contributed by atoms with Gasteiger partial charge in [0.25, 0.3) is 0 Å². The summed E-state index contributed by atoms with van der Waals surface area (Å²) in [7, 11) is 0. The molecule has 0 aliphatic heterocycles. The van der Waals surface area contributed by atoms with E-state index >= 15 is 0 Å². The molecule has 0 aliphatic carbocycles. The number of nitrogens with zero attached hydrogens (tertiary/aromatic N) is 1. The van der Waals surface area contributed by atoms with E-state index in [0.717, 1.165) is 6.07 Å². The molecule has 0 atom stereocenters. The maximum Gasteiger partial charge on any atom is 0.336 e. The third-order valence-corrected chi connectivity index (χ3v) is 4.45. The minimum Gasteiger partial charge on any atom is -0.478 e. The molecule has 2 heterocycles. The zero-order valence-electron chi connectivity index (χ0n) is 10.2. The van der Waals surface area contributed by atoms with E-state index in [2.05, 4.69) is 4.98 Å². The van der Waals surface area contributed by atoms with Crippen LogP contribution < -0.4 is 0 Å². The lowest BCUT2D eigenvalue weighted by atomic mass is 10.1. The van der Waals surface area contributed by atoms with Gasteiger partial charge >= 0.3 is 5.97 Å². The van der Waals surface area contributed by atoms with Crippen molar-refractivity contribution >= 4 is 51.4 Å². The Morgan fingerprint density at radius 3 is 2.62 bits per heavy atom. The molecule has 0 fully saturated rings. The van der Waals surface area contributed by atoms with Crippen molar-refractivity contribution in [2.75, 3.05) is 0 Å². The molecule has 0 saturated carbocycles.